The van der Waals surface area contributed by atoms with Crippen LogP contribution in [0, 0.1) is 6.92 Å². The van der Waals surface area contributed by atoms with Gasteiger partial charge in [0.05, 0.1) is 25.1 Å². The van der Waals surface area contributed by atoms with Crippen LogP contribution >= 0.6 is 0 Å². The molecule has 2 aromatic rings. The van der Waals surface area contributed by atoms with Crippen LogP contribution in [0.3, 0.4) is 0 Å². The maximum Gasteiger partial charge on any atom is 0.237 e. The third kappa shape index (κ3) is 1.90. The first-order valence-corrected chi connectivity index (χ1v) is 6.87. The Labute approximate surface area is 117 Å². The second-order valence-electron chi connectivity index (χ2n) is 5.34. The van der Waals surface area contributed by atoms with Gasteiger partial charge < -0.3 is 9.47 Å². The molecule has 2 aliphatic heterocycles. The smallest absolute Gasteiger partial charge is 0.237 e. The Balaban J connectivity index is 1.60. The lowest BCUT2D eigenvalue weighted by molar-refractivity contribution is 0.317. The zero-order valence-electron chi connectivity index (χ0n) is 11.3. The van der Waals surface area contributed by atoms with Crippen molar-refractivity contribution in [2.45, 2.75) is 25.7 Å². The van der Waals surface area contributed by atoms with E-state index in [1.807, 2.05) is 13.1 Å². The number of aromatic nitrogens is 3. The van der Waals surface area contributed by atoms with Crippen molar-refractivity contribution in [3.05, 3.63) is 40.8 Å². The molecular weight excluding hydrogens is 254 g/mol. The molecule has 0 aromatic carbocycles. The van der Waals surface area contributed by atoms with Crippen molar-refractivity contribution >= 4 is 0 Å². The van der Waals surface area contributed by atoms with Crippen molar-refractivity contribution in [2.75, 3.05) is 13.2 Å². The number of pyridine rings is 1. The predicted molar refractivity (Wildman–Crippen MR) is 72.1 cm³/mol. The van der Waals surface area contributed by atoms with E-state index in [1.165, 1.54) is 5.56 Å². The van der Waals surface area contributed by atoms with E-state index in [2.05, 4.69) is 27.3 Å². The van der Waals surface area contributed by atoms with Crippen molar-refractivity contribution in [3.8, 4) is 11.6 Å². The van der Waals surface area contributed by atoms with Crippen LogP contribution in [0.1, 0.15) is 28.4 Å². The summed E-state index contributed by atoms with van der Waals surface area (Å²) in [7, 11) is 0. The van der Waals surface area contributed by atoms with Crippen LogP contribution in [0.4, 0.5) is 0 Å². The van der Waals surface area contributed by atoms with E-state index in [0.29, 0.717) is 18.4 Å². The van der Waals surface area contributed by atoms with Crippen LogP contribution in [0.2, 0.25) is 0 Å². The lowest BCUT2D eigenvalue weighted by Crippen LogP contribution is -2.06. The van der Waals surface area contributed by atoms with Gasteiger partial charge >= 0.3 is 0 Å². The molecule has 5 nitrogen and oxygen atoms in total. The van der Waals surface area contributed by atoms with Gasteiger partial charge in [0.25, 0.3) is 0 Å². The molecule has 0 amide bonds. The van der Waals surface area contributed by atoms with Crippen molar-refractivity contribution in [1.82, 2.24) is 15.2 Å². The van der Waals surface area contributed by atoms with Crippen LogP contribution in [-0.2, 0) is 12.8 Å². The van der Waals surface area contributed by atoms with Crippen molar-refractivity contribution in [1.29, 1.82) is 0 Å². The number of hydrogen-bond donors (Lipinski definition) is 0. The Kier molecular flexibility index (Phi) is 2.58. The van der Waals surface area contributed by atoms with Crippen molar-refractivity contribution in [3.63, 3.8) is 0 Å². The van der Waals surface area contributed by atoms with Gasteiger partial charge in [-0.1, -0.05) is 0 Å². The first kappa shape index (κ1) is 11.6. The average Bonchev–Trinajstić information content (AvgIpc) is 3.05. The molecule has 4 rings (SSSR count). The van der Waals surface area contributed by atoms with E-state index in [1.54, 1.807) is 0 Å². The summed E-state index contributed by atoms with van der Waals surface area (Å²) in [4.78, 5) is 4.49. The molecule has 0 saturated heterocycles. The molecule has 5 heteroatoms. The van der Waals surface area contributed by atoms with E-state index in [0.717, 1.165) is 42.1 Å². The summed E-state index contributed by atoms with van der Waals surface area (Å²) >= 11 is 0. The van der Waals surface area contributed by atoms with Gasteiger partial charge in [-0.15, -0.1) is 5.10 Å². The number of nitrogens with zero attached hydrogens (tertiary/aromatic N) is 3. The van der Waals surface area contributed by atoms with E-state index >= 15 is 0 Å². The maximum atomic E-state index is 5.60. The summed E-state index contributed by atoms with van der Waals surface area (Å²) in [5.74, 6) is 1.91. The van der Waals surface area contributed by atoms with Gasteiger partial charge in [-0.3, -0.25) is 4.98 Å². The number of aryl methyl sites for hydroxylation is 1. The Bertz CT molecular complexity index is 672. The van der Waals surface area contributed by atoms with Gasteiger partial charge in [0.1, 0.15) is 5.75 Å². The Morgan fingerprint density at radius 1 is 1.25 bits per heavy atom. The molecule has 0 saturated carbocycles. The molecule has 0 spiro atoms. The predicted octanol–water partition coefficient (Wildman–Crippen LogP) is 1.83. The van der Waals surface area contributed by atoms with E-state index in [4.69, 9.17) is 9.47 Å². The summed E-state index contributed by atoms with van der Waals surface area (Å²) in [5.41, 5.74) is 4.42. The molecule has 0 aliphatic carbocycles. The molecule has 2 aromatic heterocycles. The van der Waals surface area contributed by atoms with Gasteiger partial charge in [-0.2, -0.15) is 5.10 Å². The summed E-state index contributed by atoms with van der Waals surface area (Å²) in [6.45, 7) is 3.38. The molecule has 2 aliphatic rings. The minimum Gasteiger partial charge on any atom is -0.491 e. The summed E-state index contributed by atoms with van der Waals surface area (Å²) < 4.78 is 11.1. The number of ether oxygens (including phenoxy) is 2. The summed E-state index contributed by atoms with van der Waals surface area (Å²) in [6, 6.07) is 4.22. The lowest BCUT2D eigenvalue weighted by atomic mass is 9.96. The van der Waals surface area contributed by atoms with Gasteiger partial charge in [0.15, 0.2) is 0 Å². The number of fused-ring (bicyclic) bond motifs is 2. The van der Waals surface area contributed by atoms with Crippen LogP contribution in [-0.4, -0.2) is 28.4 Å². The van der Waals surface area contributed by atoms with Gasteiger partial charge in [-0.25, -0.2) is 0 Å². The highest BCUT2D eigenvalue weighted by molar-refractivity contribution is 5.38. The topological polar surface area (TPSA) is 57.1 Å². The molecule has 20 heavy (non-hydrogen) atoms. The molecule has 0 fully saturated rings. The maximum absolute atomic E-state index is 5.60. The fraction of sp³-hybridized carbons (Fsp3) is 0.400. The van der Waals surface area contributed by atoms with Crippen LogP contribution in [0.15, 0.2) is 18.3 Å². The third-order valence-corrected chi connectivity index (χ3v) is 3.86. The third-order valence-electron chi connectivity index (χ3n) is 3.86. The standard InChI is InChI=1S/C15H15N3O2/c1-9-4-13-11(8-20-15(13)18-17-9)6-12-5-10-2-3-19-14(10)7-16-12/h4-5,7,11H,2-3,6,8H2,1H3. The Morgan fingerprint density at radius 2 is 2.20 bits per heavy atom. The minimum atomic E-state index is 0.312. The van der Waals surface area contributed by atoms with Gasteiger partial charge in [0, 0.05) is 29.2 Å². The fourth-order valence-corrected chi connectivity index (χ4v) is 2.83. The summed E-state index contributed by atoms with van der Waals surface area (Å²) in [5, 5.41) is 8.13. The Morgan fingerprint density at radius 3 is 3.15 bits per heavy atom. The van der Waals surface area contributed by atoms with Gasteiger partial charge in [0.2, 0.25) is 5.88 Å². The van der Waals surface area contributed by atoms with E-state index < -0.39 is 0 Å². The monoisotopic (exact) mass is 269 g/mol. The SMILES string of the molecule is Cc1cc2c(nn1)OCC2Cc1cc2c(cn1)OCC2. The molecule has 4 heterocycles. The molecule has 1 atom stereocenters. The lowest BCUT2D eigenvalue weighted by Gasteiger charge is -2.09. The van der Waals surface area contributed by atoms with Gasteiger partial charge in [-0.05, 0) is 25.5 Å². The minimum absolute atomic E-state index is 0.312. The van der Waals surface area contributed by atoms with E-state index in [-0.39, 0.29) is 0 Å². The zero-order valence-corrected chi connectivity index (χ0v) is 11.3. The van der Waals surface area contributed by atoms with Crippen molar-refractivity contribution in [2.24, 2.45) is 0 Å². The first-order chi connectivity index (χ1) is 9.79. The molecule has 102 valence electrons. The van der Waals surface area contributed by atoms with Crippen LogP contribution < -0.4 is 9.47 Å². The Hall–Kier alpha value is -2.17. The molecular formula is C15H15N3O2. The highest BCUT2D eigenvalue weighted by Crippen LogP contribution is 2.34. The van der Waals surface area contributed by atoms with Crippen LogP contribution in [0.25, 0.3) is 0 Å². The fourth-order valence-electron chi connectivity index (χ4n) is 2.83. The zero-order chi connectivity index (χ0) is 13.5. The van der Waals surface area contributed by atoms with Crippen molar-refractivity contribution < 1.29 is 9.47 Å². The largest absolute Gasteiger partial charge is 0.491 e. The normalized spacial score (nSPS) is 19.1. The second-order valence-corrected chi connectivity index (χ2v) is 5.34. The summed E-state index contributed by atoms with van der Waals surface area (Å²) in [6.07, 6.45) is 3.68. The quantitative estimate of drug-likeness (QED) is 0.832. The first-order valence-electron chi connectivity index (χ1n) is 6.87. The second kappa shape index (κ2) is 4.44. The number of rotatable bonds is 2. The highest BCUT2D eigenvalue weighted by Gasteiger charge is 2.27. The molecule has 0 bridgehead atoms. The highest BCUT2D eigenvalue weighted by atomic mass is 16.5. The molecule has 0 radical (unpaired) electrons. The molecule has 1 unspecified atom stereocenters. The van der Waals surface area contributed by atoms with E-state index in [9.17, 15) is 0 Å². The molecule has 0 N–H and O–H groups in total. The average molecular weight is 269 g/mol. The van der Waals surface area contributed by atoms with Crippen LogP contribution in [0.5, 0.6) is 11.6 Å². The number of hydrogen-bond acceptors (Lipinski definition) is 5.